The molecule has 0 fully saturated rings. The Morgan fingerprint density at radius 1 is 1.35 bits per heavy atom. The summed E-state index contributed by atoms with van der Waals surface area (Å²) in [6, 6.07) is 6.73. The fraction of sp³-hybridized carbons (Fsp3) is 0.167. The number of nitrogens with zero attached hydrogens (tertiary/aromatic N) is 1. The summed E-state index contributed by atoms with van der Waals surface area (Å²) >= 11 is 0. The second kappa shape index (κ2) is 5.27. The highest BCUT2D eigenvalue weighted by atomic mass is 16.5. The second-order valence-electron chi connectivity index (χ2n) is 3.43. The van der Waals surface area contributed by atoms with E-state index in [9.17, 15) is 4.79 Å². The third kappa shape index (κ3) is 3.15. The first-order chi connectivity index (χ1) is 8.25. The molecule has 0 radical (unpaired) electrons. The van der Waals surface area contributed by atoms with Crippen molar-refractivity contribution in [3.63, 3.8) is 0 Å². The highest BCUT2D eigenvalue weighted by Gasteiger charge is 2.08. The van der Waals surface area contributed by atoms with E-state index in [0.717, 1.165) is 5.56 Å². The number of carbonyl (C=O) groups is 1. The zero-order chi connectivity index (χ0) is 12.1. The summed E-state index contributed by atoms with van der Waals surface area (Å²) in [5, 5.41) is 8.66. The van der Waals surface area contributed by atoms with Crippen LogP contribution in [0.4, 0.5) is 0 Å². The van der Waals surface area contributed by atoms with E-state index in [1.165, 1.54) is 6.07 Å². The van der Waals surface area contributed by atoms with Crippen LogP contribution in [-0.2, 0) is 18.0 Å². The molecule has 0 saturated heterocycles. The standard InChI is InChI=1S/C12H11NO4/c14-12(15)11-4-3-10(17-11)8-16-7-9-2-1-5-13-6-9/h1-6H,7-8H2,(H,14,15). The maximum Gasteiger partial charge on any atom is 0.371 e. The van der Waals surface area contributed by atoms with Gasteiger partial charge in [-0.15, -0.1) is 0 Å². The van der Waals surface area contributed by atoms with Crippen molar-refractivity contribution in [2.75, 3.05) is 0 Å². The molecule has 0 atom stereocenters. The van der Waals surface area contributed by atoms with Gasteiger partial charge < -0.3 is 14.3 Å². The van der Waals surface area contributed by atoms with Gasteiger partial charge in [-0.2, -0.15) is 0 Å². The zero-order valence-corrected chi connectivity index (χ0v) is 9.00. The van der Waals surface area contributed by atoms with Gasteiger partial charge in [0.15, 0.2) is 0 Å². The van der Waals surface area contributed by atoms with Gasteiger partial charge in [0.1, 0.15) is 12.4 Å². The zero-order valence-electron chi connectivity index (χ0n) is 9.00. The van der Waals surface area contributed by atoms with Gasteiger partial charge in [0.2, 0.25) is 5.76 Å². The van der Waals surface area contributed by atoms with Crippen molar-refractivity contribution in [2.24, 2.45) is 0 Å². The molecule has 2 aromatic rings. The van der Waals surface area contributed by atoms with Crippen LogP contribution in [-0.4, -0.2) is 16.1 Å². The Labute approximate surface area is 97.7 Å². The Kier molecular flexibility index (Phi) is 3.52. The smallest absolute Gasteiger partial charge is 0.371 e. The number of ether oxygens (including phenoxy) is 1. The van der Waals surface area contributed by atoms with E-state index >= 15 is 0 Å². The summed E-state index contributed by atoms with van der Waals surface area (Å²) in [6.45, 7) is 0.652. The predicted molar refractivity (Wildman–Crippen MR) is 58.4 cm³/mol. The number of carboxylic acid groups (broad SMARTS) is 1. The average Bonchev–Trinajstić information content (AvgIpc) is 2.79. The Bertz CT molecular complexity index is 492. The number of carboxylic acids is 1. The molecule has 5 nitrogen and oxygen atoms in total. The Morgan fingerprint density at radius 2 is 2.24 bits per heavy atom. The van der Waals surface area contributed by atoms with E-state index in [2.05, 4.69) is 4.98 Å². The molecule has 0 aliphatic rings. The van der Waals surface area contributed by atoms with Gasteiger partial charge in [-0.25, -0.2) is 4.79 Å². The molecule has 0 amide bonds. The van der Waals surface area contributed by atoms with Crippen molar-refractivity contribution < 1.29 is 19.1 Å². The van der Waals surface area contributed by atoms with Crippen LogP contribution in [0, 0.1) is 0 Å². The molecule has 2 aromatic heterocycles. The molecular formula is C12H11NO4. The summed E-state index contributed by atoms with van der Waals surface area (Å²) in [5.41, 5.74) is 0.956. The molecule has 0 aliphatic heterocycles. The lowest BCUT2D eigenvalue weighted by atomic mass is 10.3. The average molecular weight is 233 g/mol. The minimum Gasteiger partial charge on any atom is -0.475 e. The van der Waals surface area contributed by atoms with E-state index in [1.54, 1.807) is 18.5 Å². The van der Waals surface area contributed by atoms with E-state index in [4.69, 9.17) is 14.3 Å². The number of hydrogen-bond acceptors (Lipinski definition) is 4. The molecule has 2 heterocycles. The molecule has 0 spiro atoms. The Balaban J connectivity index is 1.84. The molecule has 0 bridgehead atoms. The summed E-state index contributed by atoms with van der Waals surface area (Å²) in [7, 11) is 0. The third-order valence-electron chi connectivity index (χ3n) is 2.11. The number of aromatic nitrogens is 1. The van der Waals surface area contributed by atoms with Gasteiger partial charge in [0, 0.05) is 12.4 Å². The third-order valence-corrected chi connectivity index (χ3v) is 2.11. The predicted octanol–water partition coefficient (Wildman–Crippen LogP) is 2.09. The van der Waals surface area contributed by atoms with E-state index in [0.29, 0.717) is 12.4 Å². The molecule has 0 aromatic carbocycles. The minimum atomic E-state index is -1.08. The molecule has 17 heavy (non-hydrogen) atoms. The first-order valence-electron chi connectivity index (χ1n) is 5.04. The number of aromatic carboxylic acids is 1. The Hall–Kier alpha value is -2.14. The van der Waals surface area contributed by atoms with Crippen LogP contribution >= 0.6 is 0 Å². The molecule has 0 aliphatic carbocycles. The van der Waals surface area contributed by atoms with Gasteiger partial charge in [0.05, 0.1) is 6.61 Å². The fourth-order valence-corrected chi connectivity index (χ4v) is 1.32. The quantitative estimate of drug-likeness (QED) is 0.856. The highest BCUT2D eigenvalue weighted by Crippen LogP contribution is 2.10. The van der Waals surface area contributed by atoms with Gasteiger partial charge in [-0.05, 0) is 23.8 Å². The van der Waals surface area contributed by atoms with Crippen molar-refractivity contribution in [3.05, 3.63) is 53.7 Å². The van der Waals surface area contributed by atoms with Gasteiger partial charge in [0.25, 0.3) is 0 Å². The maximum absolute atomic E-state index is 10.6. The van der Waals surface area contributed by atoms with Gasteiger partial charge in [-0.3, -0.25) is 4.98 Å². The lowest BCUT2D eigenvalue weighted by molar-refractivity contribution is 0.0640. The number of rotatable bonds is 5. The van der Waals surface area contributed by atoms with Crippen molar-refractivity contribution >= 4 is 5.97 Å². The topological polar surface area (TPSA) is 72.6 Å². The van der Waals surface area contributed by atoms with Crippen LogP contribution in [0.2, 0.25) is 0 Å². The van der Waals surface area contributed by atoms with Gasteiger partial charge >= 0.3 is 5.97 Å². The lowest BCUT2D eigenvalue weighted by Crippen LogP contribution is -1.94. The highest BCUT2D eigenvalue weighted by molar-refractivity contribution is 5.84. The minimum absolute atomic E-state index is 0.0787. The lowest BCUT2D eigenvalue weighted by Gasteiger charge is -2.01. The summed E-state index contributed by atoms with van der Waals surface area (Å²) < 4.78 is 10.4. The SMILES string of the molecule is O=C(O)c1ccc(COCc2cccnc2)o1. The molecule has 2 rings (SSSR count). The maximum atomic E-state index is 10.6. The normalized spacial score (nSPS) is 10.4. The van der Waals surface area contributed by atoms with E-state index in [1.807, 2.05) is 12.1 Å². The molecule has 88 valence electrons. The molecule has 0 saturated carbocycles. The Morgan fingerprint density at radius 3 is 2.88 bits per heavy atom. The van der Waals surface area contributed by atoms with Crippen LogP contribution in [0.3, 0.4) is 0 Å². The first-order valence-corrected chi connectivity index (χ1v) is 5.04. The van der Waals surface area contributed by atoms with Crippen molar-refractivity contribution in [1.82, 2.24) is 4.98 Å². The number of pyridine rings is 1. The molecular weight excluding hydrogens is 222 g/mol. The van der Waals surface area contributed by atoms with E-state index in [-0.39, 0.29) is 12.4 Å². The van der Waals surface area contributed by atoms with Crippen LogP contribution in [0.5, 0.6) is 0 Å². The van der Waals surface area contributed by atoms with Crippen LogP contribution < -0.4 is 0 Å². The van der Waals surface area contributed by atoms with Crippen LogP contribution in [0.25, 0.3) is 0 Å². The van der Waals surface area contributed by atoms with Gasteiger partial charge in [-0.1, -0.05) is 6.07 Å². The summed E-state index contributed by atoms with van der Waals surface area (Å²) in [5.74, 6) is -0.667. The van der Waals surface area contributed by atoms with Crippen molar-refractivity contribution in [3.8, 4) is 0 Å². The molecule has 5 heteroatoms. The van der Waals surface area contributed by atoms with Crippen LogP contribution in [0.1, 0.15) is 21.9 Å². The van der Waals surface area contributed by atoms with E-state index < -0.39 is 5.97 Å². The number of hydrogen-bond donors (Lipinski definition) is 1. The summed E-state index contributed by atoms with van der Waals surface area (Å²) in [6.07, 6.45) is 3.40. The second-order valence-corrected chi connectivity index (χ2v) is 3.43. The first kappa shape index (κ1) is 11.3. The fourth-order valence-electron chi connectivity index (χ4n) is 1.32. The number of furan rings is 1. The van der Waals surface area contributed by atoms with Crippen molar-refractivity contribution in [2.45, 2.75) is 13.2 Å². The van der Waals surface area contributed by atoms with Crippen LogP contribution in [0.15, 0.2) is 41.1 Å². The monoisotopic (exact) mass is 233 g/mol. The molecule has 0 unspecified atom stereocenters. The largest absolute Gasteiger partial charge is 0.475 e. The van der Waals surface area contributed by atoms with Crippen molar-refractivity contribution in [1.29, 1.82) is 0 Å². The molecule has 1 N–H and O–H groups in total. The summed E-state index contributed by atoms with van der Waals surface area (Å²) in [4.78, 5) is 14.5.